The van der Waals surface area contributed by atoms with E-state index in [0.717, 1.165) is 12.8 Å². The number of carbonyl (C=O) groups excluding carboxylic acids is 2. The van der Waals surface area contributed by atoms with Gasteiger partial charge in [-0.3, -0.25) is 9.59 Å². The molecule has 0 saturated heterocycles. The first kappa shape index (κ1) is 26.7. The monoisotopic (exact) mass is 395 g/mol. The highest BCUT2D eigenvalue weighted by molar-refractivity contribution is 5.76. The molecule has 0 aliphatic heterocycles. The fraction of sp³-hybridized carbons (Fsp3) is 0.833. The van der Waals surface area contributed by atoms with Gasteiger partial charge in [-0.2, -0.15) is 0 Å². The Balaban J connectivity index is 3.41. The molecule has 164 valence electrons. The van der Waals surface area contributed by atoms with Gasteiger partial charge in [0.1, 0.15) is 6.10 Å². The Morgan fingerprint density at radius 1 is 0.821 bits per heavy atom. The summed E-state index contributed by atoms with van der Waals surface area (Å²) in [5.41, 5.74) is 0. The Labute approximate surface area is 174 Å². The van der Waals surface area contributed by atoms with Crippen LogP contribution in [0.5, 0.6) is 0 Å². The Hall–Kier alpha value is -1.32. The Morgan fingerprint density at radius 2 is 1.32 bits per heavy atom. The van der Waals surface area contributed by atoms with Crippen LogP contribution in [0.3, 0.4) is 0 Å². The second kappa shape index (κ2) is 19.0. The summed E-state index contributed by atoms with van der Waals surface area (Å²) >= 11 is 0. The third-order valence-corrected chi connectivity index (χ3v) is 4.94. The molecule has 0 saturated carbocycles. The van der Waals surface area contributed by atoms with Crippen LogP contribution in [0, 0.1) is 0 Å². The van der Waals surface area contributed by atoms with Crippen molar-refractivity contribution in [3.8, 4) is 0 Å². The van der Waals surface area contributed by atoms with E-state index in [1.807, 2.05) is 0 Å². The van der Waals surface area contributed by atoms with Gasteiger partial charge in [0, 0.05) is 20.5 Å². The molecule has 0 aliphatic rings. The van der Waals surface area contributed by atoms with Crippen LogP contribution in [0.1, 0.15) is 110 Å². The molecule has 0 aromatic heterocycles. The average Bonchev–Trinajstić information content (AvgIpc) is 2.64. The first-order chi connectivity index (χ1) is 13.5. The molecule has 0 aliphatic carbocycles. The maximum absolute atomic E-state index is 11.8. The highest BCUT2D eigenvalue weighted by Gasteiger charge is 2.14. The van der Waals surface area contributed by atoms with Gasteiger partial charge in [-0.1, -0.05) is 70.4 Å². The van der Waals surface area contributed by atoms with Crippen molar-refractivity contribution in [2.24, 2.45) is 0 Å². The van der Waals surface area contributed by atoms with Gasteiger partial charge >= 0.3 is 5.97 Å². The molecule has 28 heavy (non-hydrogen) atoms. The first-order valence-corrected chi connectivity index (χ1v) is 11.5. The molecule has 1 unspecified atom stereocenters. The van der Waals surface area contributed by atoms with Crippen LogP contribution in [0.4, 0.5) is 0 Å². The molecule has 0 spiro atoms. The molecule has 0 rings (SSSR count). The van der Waals surface area contributed by atoms with Gasteiger partial charge in [0.05, 0.1) is 6.42 Å². The fourth-order valence-electron chi connectivity index (χ4n) is 3.09. The van der Waals surface area contributed by atoms with Crippen LogP contribution in [0.15, 0.2) is 12.2 Å². The van der Waals surface area contributed by atoms with Crippen molar-refractivity contribution in [2.45, 2.75) is 116 Å². The predicted molar refractivity (Wildman–Crippen MR) is 118 cm³/mol. The van der Waals surface area contributed by atoms with Crippen LogP contribution in [-0.4, -0.2) is 37.0 Å². The topological polar surface area (TPSA) is 46.6 Å². The van der Waals surface area contributed by atoms with Crippen molar-refractivity contribution in [1.82, 2.24) is 4.90 Å². The van der Waals surface area contributed by atoms with Crippen LogP contribution >= 0.6 is 0 Å². The quantitative estimate of drug-likeness (QED) is 0.152. The number of hydrogen-bond acceptors (Lipinski definition) is 3. The molecule has 0 aromatic rings. The SMILES string of the molecule is CCCCCCCCC=CCCCCCCCC(=O)OC(C)CC(=O)N(C)C. The number of unbranched alkanes of at least 4 members (excludes halogenated alkanes) is 11. The second-order valence-electron chi connectivity index (χ2n) is 8.13. The number of carbonyl (C=O) groups is 2. The van der Waals surface area contributed by atoms with Crippen molar-refractivity contribution in [3.63, 3.8) is 0 Å². The lowest BCUT2D eigenvalue weighted by molar-refractivity contribution is -0.150. The van der Waals surface area contributed by atoms with Gasteiger partial charge in [-0.15, -0.1) is 0 Å². The van der Waals surface area contributed by atoms with E-state index in [2.05, 4.69) is 19.1 Å². The average molecular weight is 396 g/mol. The van der Waals surface area contributed by atoms with Gasteiger partial charge < -0.3 is 9.64 Å². The van der Waals surface area contributed by atoms with E-state index in [1.165, 1.54) is 75.5 Å². The number of esters is 1. The zero-order valence-electron chi connectivity index (χ0n) is 19.0. The normalized spacial score (nSPS) is 12.3. The van der Waals surface area contributed by atoms with Gasteiger partial charge in [-0.25, -0.2) is 0 Å². The molecule has 0 bridgehead atoms. The number of nitrogens with zero attached hydrogens (tertiary/aromatic N) is 1. The molecule has 0 radical (unpaired) electrons. The van der Waals surface area contributed by atoms with Crippen LogP contribution < -0.4 is 0 Å². The molecular formula is C24H45NO3. The van der Waals surface area contributed by atoms with Crippen LogP contribution in [-0.2, 0) is 14.3 Å². The lowest BCUT2D eigenvalue weighted by Crippen LogP contribution is -2.27. The van der Waals surface area contributed by atoms with E-state index >= 15 is 0 Å². The fourth-order valence-corrected chi connectivity index (χ4v) is 3.09. The minimum absolute atomic E-state index is 0.0127. The zero-order chi connectivity index (χ0) is 21.0. The summed E-state index contributed by atoms with van der Waals surface area (Å²) in [6.07, 6.45) is 21.2. The van der Waals surface area contributed by atoms with Crippen LogP contribution in [0.2, 0.25) is 0 Å². The highest BCUT2D eigenvalue weighted by atomic mass is 16.5. The summed E-state index contributed by atoms with van der Waals surface area (Å²) in [7, 11) is 3.42. The standard InChI is InChI=1S/C24H45NO3/c1-5-6-7-8-9-10-11-12-13-14-15-16-17-18-19-20-24(27)28-22(2)21-23(26)25(3)4/h12-13,22H,5-11,14-21H2,1-4H3. The minimum atomic E-state index is -0.342. The first-order valence-electron chi connectivity index (χ1n) is 11.5. The number of allylic oxidation sites excluding steroid dienone is 2. The maximum Gasteiger partial charge on any atom is 0.306 e. The summed E-state index contributed by atoms with van der Waals surface area (Å²) in [6, 6.07) is 0. The third-order valence-electron chi connectivity index (χ3n) is 4.94. The summed E-state index contributed by atoms with van der Waals surface area (Å²) in [4.78, 5) is 24.9. The van der Waals surface area contributed by atoms with E-state index in [9.17, 15) is 9.59 Å². The number of hydrogen-bond donors (Lipinski definition) is 0. The smallest absolute Gasteiger partial charge is 0.306 e. The summed E-state index contributed by atoms with van der Waals surface area (Å²) in [6.45, 7) is 4.04. The van der Waals surface area contributed by atoms with E-state index in [4.69, 9.17) is 4.74 Å². The Morgan fingerprint density at radius 3 is 1.86 bits per heavy atom. The molecule has 4 heteroatoms. The van der Waals surface area contributed by atoms with E-state index in [-0.39, 0.29) is 24.4 Å². The van der Waals surface area contributed by atoms with E-state index in [0.29, 0.717) is 6.42 Å². The minimum Gasteiger partial charge on any atom is -0.462 e. The van der Waals surface area contributed by atoms with Crippen molar-refractivity contribution in [3.05, 3.63) is 12.2 Å². The summed E-state index contributed by atoms with van der Waals surface area (Å²) in [5.74, 6) is -0.196. The summed E-state index contributed by atoms with van der Waals surface area (Å²) < 4.78 is 5.29. The lowest BCUT2D eigenvalue weighted by atomic mass is 10.1. The molecule has 1 amide bonds. The van der Waals surface area contributed by atoms with Gasteiger partial charge in [0.15, 0.2) is 0 Å². The largest absolute Gasteiger partial charge is 0.462 e. The molecule has 1 atom stereocenters. The van der Waals surface area contributed by atoms with Crippen molar-refractivity contribution < 1.29 is 14.3 Å². The van der Waals surface area contributed by atoms with E-state index in [1.54, 1.807) is 21.0 Å². The Kier molecular flexibility index (Phi) is 18.1. The molecule has 0 heterocycles. The van der Waals surface area contributed by atoms with E-state index < -0.39 is 0 Å². The van der Waals surface area contributed by atoms with Crippen LogP contribution in [0.25, 0.3) is 0 Å². The molecule has 0 fully saturated rings. The highest BCUT2D eigenvalue weighted by Crippen LogP contribution is 2.11. The van der Waals surface area contributed by atoms with Gasteiger partial charge in [-0.05, 0) is 39.0 Å². The zero-order valence-corrected chi connectivity index (χ0v) is 19.0. The Bertz CT molecular complexity index is 418. The van der Waals surface area contributed by atoms with Crippen molar-refractivity contribution >= 4 is 11.9 Å². The summed E-state index contributed by atoms with van der Waals surface area (Å²) in [5, 5.41) is 0. The number of rotatable bonds is 18. The molecule has 4 nitrogen and oxygen atoms in total. The maximum atomic E-state index is 11.8. The predicted octanol–water partition coefficient (Wildman–Crippen LogP) is 6.43. The molecule has 0 N–H and O–H groups in total. The van der Waals surface area contributed by atoms with Crippen molar-refractivity contribution in [2.75, 3.05) is 14.1 Å². The lowest BCUT2D eigenvalue weighted by Gasteiger charge is -2.15. The van der Waals surface area contributed by atoms with Crippen molar-refractivity contribution in [1.29, 1.82) is 0 Å². The number of ether oxygens (including phenoxy) is 1. The molecule has 0 aromatic carbocycles. The van der Waals surface area contributed by atoms with Gasteiger partial charge in [0.2, 0.25) is 5.91 Å². The van der Waals surface area contributed by atoms with Gasteiger partial charge in [0.25, 0.3) is 0 Å². The third kappa shape index (κ3) is 18.1. The second-order valence-corrected chi connectivity index (χ2v) is 8.13. The number of amides is 1. The molecular weight excluding hydrogens is 350 g/mol.